The minimum atomic E-state index is 0.547. The molecule has 1 unspecified atom stereocenters. The summed E-state index contributed by atoms with van der Waals surface area (Å²) in [6.45, 7) is 2.28. The van der Waals surface area contributed by atoms with E-state index in [1.807, 2.05) is 11.8 Å². The van der Waals surface area contributed by atoms with E-state index in [2.05, 4.69) is 49.5 Å². The Kier molecular flexibility index (Phi) is 2.21. The lowest BCUT2D eigenvalue weighted by atomic mass is 9.92. The smallest absolute Gasteiger partial charge is 0.0319 e. The van der Waals surface area contributed by atoms with Gasteiger partial charge in [0, 0.05) is 16.1 Å². The van der Waals surface area contributed by atoms with E-state index >= 15 is 0 Å². The van der Waals surface area contributed by atoms with Gasteiger partial charge in [0.1, 0.15) is 0 Å². The fourth-order valence-corrected chi connectivity index (χ4v) is 3.83. The first-order valence-corrected chi connectivity index (χ1v) is 6.42. The number of allylic oxidation sites excluding steroid dienone is 8. The minimum Gasteiger partial charge on any atom is -0.118 e. The fraction of sp³-hybridized carbons (Fsp3) is 0.286. The van der Waals surface area contributed by atoms with E-state index in [1.165, 1.54) is 16.9 Å². The predicted octanol–water partition coefficient (Wildman–Crippen LogP) is 4.00. The van der Waals surface area contributed by atoms with Crippen LogP contribution in [0.3, 0.4) is 0 Å². The second-order valence-electron chi connectivity index (χ2n) is 4.07. The summed E-state index contributed by atoms with van der Waals surface area (Å²) < 4.78 is 0. The maximum absolute atomic E-state index is 2.31. The van der Waals surface area contributed by atoms with Crippen LogP contribution in [-0.4, -0.2) is 5.25 Å². The average Bonchev–Trinajstić information content (AvgIpc) is 2.92. The summed E-state index contributed by atoms with van der Waals surface area (Å²) in [5, 5.41) is 0.689. The lowest BCUT2D eigenvalue weighted by Gasteiger charge is -2.16. The molecule has 0 bridgehead atoms. The third kappa shape index (κ3) is 1.37. The van der Waals surface area contributed by atoms with Gasteiger partial charge in [-0.05, 0) is 23.6 Å². The third-order valence-electron chi connectivity index (χ3n) is 3.18. The molecule has 0 aromatic carbocycles. The molecule has 0 amide bonds. The molecule has 15 heavy (non-hydrogen) atoms. The van der Waals surface area contributed by atoms with Gasteiger partial charge in [-0.2, -0.15) is 0 Å². The lowest BCUT2D eigenvalue weighted by molar-refractivity contribution is 0.834. The molecule has 0 spiro atoms. The molecule has 0 N–H and O–H groups in total. The largest absolute Gasteiger partial charge is 0.118 e. The first-order chi connectivity index (χ1) is 7.40. The van der Waals surface area contributed by atoms with Crippen molar-refractivity contribution in [2.45, 2.75) is 18.6 Å². The fourth-order valence-electron chi connectivity index (χ4n) is 2.47. The van der Waals surface area contributed by atoms with Gasteiger partial charge in [0.25, 0.3) is 0 Å². The summed E-state index contributed by atoms with van der Waals surface area (Å²) in [5.41, 5.74) is 3.11. The van der Waals surface area contributed by atoms with Crippen LogP contribution in [0.4, 0.5) is 0 Å². The highest BCUT2D eigenvalue weighted by Gasteiger charge is 2.32. The molecule has 0 saturated heterocycles. The number of fused-ring (bicyclic) bond motifs is 1. The Bertz CT molecular complexity index is 420. The summed E-state index contributed by atoms with van der Waals surface area (Å²) in [4.78, 5) is 1.48. The van der Waals surface area contributed by atoms with E-state index < -0.39 is 0 Å². The van der Waals surface area contributed by atoms with E-state index in [1.54, 1.807) is 5.57 Å². The van der Waals surface area contributed by atoms with Gasteiger partial charge >= 0.3 is 0 Å². The van der Waals surface area contributed by atoms with Gasteiger partial charge in [-0.1, -0.05) is 43.4 Å². The molecule has 3 rings (SSSR count). The maximum Gasteiger partial charge on any atom is 0.0319 e. The molecule has 0 fully saturated rings. The molecule has 3 aliphatic rings. The summed E-state index contributed by atoms with van der Waals surface area (Å²) in [6.07, 6.45) is 16.9. The van der Waals surface area contributed by atoms with Crippen LogP contribution in [0, 0.1) is 5.92 Å². The monoisotopic (exact) mass is 214 g/mol. The van der Waals surface area contributed by atoms with E-state index in [4.69, 9.17) is 0 Å². The molecular weight excluding hydrogens is 200 g/mol. The second kappa shape index (κ2) is 3.57. The Balaban J connectivity index is 2.05. The van der Waals surface area contributed by atoms with Crippen LogP contribution in [0.5, 0.6) is 0 Å². The standard InChI is InChI=1S/C14H14S/c1-2-12-14(10-6-3-4-7-10)11-8-5-9-13(11)15-12/h3-10,12H,2H2,1H3. The number of hydrogen-bond acceptors (Lipinski definition) is 1. The van der Waals surface area contributed by atoms with Gasteiger partial charge in [-0.3, -0.25) is 0 Å². The highest BCUT2D eigenvalue weighted by Crippen LogP contribution is 2.49. The molecule has 2 aliphatic carbocycles. The average molecular weight is 214 g/mol. The lowest BCUT2D eigenvalue weighted by Crippen LogP contribution is -2.08. The number of rotatable bonds is 2. The molecule has 76 valence electrons. The van der Waals surface area contributed by atoms with Gasteiger partial charge in [-0.15, -0.1) is 11.8 Å². The first-order valence-electron chi connectivity index (χ1n) is 5.54. The zero-order chi connectivity index (χ0) is 10.3. The van der Waals surface area contributed by atoms with Crippen molar-refractivity contribution < 1.29 is 0 Å². The molecule has 0 aromatic rings. The van der Waals surface area contributed by atoms with Gasteiger partial charge < -0.3 is 0 Å². The summed E-state index contributed by atoms with van der Waals surface area (Å²) in [6, 6.07) is 0. The van der Waals surface area contributed by atoms with Crippen LogP contribution in [0.1, 0.15) is 13.3 Å². The van der Waals surface area contributed by atoms with E-state index in [0.29, 0.717) is 11.2 Å². The Morgan fingerprint density at radius 3 is 2.73 bits per heavy atom. The summed E-state index contributed by atoms with van der Waals surface area (Å²) in [7, 11) is 0. The first kappa shape index (κ1) is 9.29. The topological polar surface area (TPSA) is 0 Å². The quantitative estimate of drug-likeness (QED) is 0.669. The molecule has 0 saturated carbocycles. The summed E-state index contributed by atoms with van der Waals surface area (Å²) in [5.74, 6) is 0.547. The maximum atomic E-state index is 2.31. The summed E-state index contributed by atoms with van der Waals surface area (Å²) >= 11 is 2.03. The minimum absolute atomic E-state index is 0.547. The van der Waals surface area contributed by atoms with Crippen molar-refractivity contribution in [1.82, 2.24) is 0 Å². The van der Waals surface area contributed by atoms with Crippen molar-refractivity contribution in [1.29, 1.82) is 0 Å². The third-order valence-corrected chi connectivity index (χ3v) is 4.66. The molecular formula is C14H14S. The molecule has 1 atom stereocenters. The van der Waals surface area contributed by atoms with Crippen molar-refractivity contribution in [2.75, 3.05) is 0 Å². The SMILES string of the molecule is CCC1SC2=CC=CC2=C1C1C=CC=C1. The Hall–Kier alpha value is -0.950. The van der Waals surface area contributed by atoms with Crippen LogP contribution in [-0.2, 0) is 0 Å². The van der Waals surface area contributed by atoms with Crippen LogP contribution in [0.25, 0.3) is 0 Å². The van der Waals surface area contributed by atoms with Crippen LogP contribution >= 0.6 is 11.8 Å². The van der Waals surface area contributed by atoms with Crippen molar-refractivity contribution in [2.24, 2.45) is 5.92 Å². The zero-order valence-electron chi connectivity index (χ0n) is 8.81. The van der Waals surface area contributed by atoms with E-state index in [9.17, 15) is 0 Å². The molecule has 1 heterocycles. The molecule has 0 aromatic heterocycles. The van der Waals surface area contributed by atoms with E-state index in [-0.39, 0.29) is 0 Å². The number of hydrogen-bond donors (Lipinski definition) is 0. The predicted molar refractivity (Wildman–Crippen MR) is 67.7 cm³/mol. The van der Waals surface area contributed by atoms with Gasteiger partial charge in [-0.25, -0.2) is 0 Å². The van der Waals surface area contributed by atoms with Crippen LogP contribution in [0.15, 0.2) is 58.6 Å². The normalized spacial score (nSPS) is 28.1. The number of thioether (sulfide) groups is 1. The van der Waals surface area contributed by atoms with Crippen LogP contribution < -0.4 is 0 Å². The zero-order valence-corrected chi connectivity index (χ0v) is 9.63. The van der Waals surface area contributed by atoms with Crippen molar-refractivity contribution in [3.63, 3.8) is 0 Å². The van der Waals surface area contributed by atoms with Gasteiger partial charge in [0.2, 0.25) is 0 Å². The Morgan fingerprint density at radius 2 is 2.00 bits per heavy atom. The molecule has 0 radical (unpaired) electrons. The van der Waals surface area contributed by atoms with Gasteiger partial charge in [0.15, 0.2) is 0 Å². The Labute approximate surface area is 95.1 Å². The van der Waals surface area contributed by atoms with Crippen LogP contribution in [0.2, 0.25) is 0 Å². The Morgan fingerprint density at radius 1 is 1.20 bits per heavy atom. The van der Waals surface area contributed by atoms with Crippen molar-refractivity contribution in [3.8, 4) is 0 Å². The highest BCUT2D eigenvalue weighted by molar-refractivity contribution is 8.04. The highest BCUT2D eigenvalue weighted by atomic mass is 32.2. The molecule has 0 nitrogen and oxygen atoms in total. The van der Waals surface area contributed by atoms with Crippen molar-refractivity contribution in [3.05, 3.63) is 58.6 Å². The molecule has 1 heteroatoms. The van der Waals surface area contributed by atoms with Crippen molar-refractivity contribution >= 4 is 11.8 Å². The molecule has 1 aliphatic heterocycles. The second-order valence-corrected chi connectivity index (χ2v) is 5.31. The van der Waals surface area contributed by atoms with Gasteiger partial charge in [0.05, 0.1) is 0 Å². The van der Waals surface area contributed by atoms with E-state index in [0.717, 1.165) is 0 Å².